The summed E-state index contributed by atoms with van der Waals surface area (Å²) >= 11 is 3.08. The first kappa shape index (κ1) is 43.4. The van der Waals surface area contributed by atoms with Gasteiger partial charge in [0.15, 0.2) is 69.8 Å². The average Bonchev–Trinajstić information content (AvgIpc) is 3.12. The molecule has 0 aliphatic heterocycles. The summed E-state index contributed by atoms with van der Waals surface area (Å²) in [5.74, 6) is -30.7. The highest BCUT2D eigenvalue weighted by molar-refractivity contribution is 14.1. The minimum Gasteiger partial charge on any atom is -0.457 e. The SMILES string of the molecule is Cc1c(COC(=O)c2c(F)c(F)c(F)c(F)c2I)c(C)c(COC(=O)c2c(F)c(F)c(F)c(F)c2I)c(C)c1COC(=O)c1c(F)c(F)c(F)c(F)c1I. The van der Waals surface area contributed by atoms with Crippen LogP contribution in [0, 0.1) is 101 Å². The number of esters is 3. The fourth-order valence-electron chi connectivity index (χ4n) is 5.02. The van der Waals surface area contributed by atoms with Crippen LogP contribution in [0.3, 0.4) is 0 Å². The van der Waals surface area contributed by atoms with Gasteiger partial charge in [-0.15, -0.1) is 0 Å². The van der Waals surface area contributed by atoms with Gasteiger partial charge >= 0.3 is 17.9 Å². The van der Waals surface area contributed by atoms with E-state index in [1.165, 1.54) is 20.8 Å². The molecule has 0 radical (unpaired) electrons. The number of ether oxygens (including phenoxy) is 3. The maximum atomic E-state index is 14.5. The molecule has 0 atom stereocenters. The Kier molecular flexibility index (Phi) is 13.5. The maximum absolute atomic E-state index is 14.5. The molecule has 4 rings (SSSR count). The van der Waals surface area contributed by atoms with Gasteiger partial charge in [-0.1, -0.05) is 0 Å². The zero-order valence-electron chi connectivity index (χ0n) is 26.7. The summed E-state index contributed by atoms with van der Waals surface area (Å²) in [6.45, 7) is 1.22. The van der Waals surface area contributed by atoms with Crippen molar-refractivity contribution in [3.8, 4) is 0 Å². The van der Waals surface area contributed by atoms with Crippen molar-refractivity contribution in [2.75, 3.05) is 0 Å². The first-order valence-electron chi connectivity index (χ1n) is 14.2. The molecule has 0 bridgehead atoms. The van der Waals surface area contributed by atoms with Crippen molar-refractivity contribution in [2.45, 2.75) is 40.6 Å². The number of benzene rings is 4. The lowest BCUT2D eigenvalue weighted by Crippen LogP contribution is -2.19. The number of hydrogen-bond acceptors (Lipinski definition) is 6. The van der Waals surface area contributed by atoms with E-state index in [4.69, 9.17) is 14.2 Å². The molecule has 0 fully saturated rings. The largest absolute Gasteiger partial charge is 0.457 e. The quantitative estimate of drug-likeness (QED) is 0.0415. The Balaban J connectivity index is 1.78. The third-order valence-electron chi connectivity index (χ3n) is 8.00. The van der Waals surface area contributed by atoms with Crippen molar-refractivity contribution in [1.82, 2.24) is 0 Å². The number of hydrogen-bond donors (Lipinski definition) is 0. The average molecular weight is 1120 g/mol. The second-order valence-electron chi connectivity index (χ2n) is 10.9. The van der Waals surface area contributed by atoms with Gasteiger partial charge in [0.05, 0.1) is 10.7 Å². The van der Waals surface area contributed by atoms with Crippen LogP contribution in [-0.4, -0.2) is 17.9 Å². The van der Waals surface area contributed by atoms with Crippen molar-refractivity contribution in [3.05, 3.63) is 131 Å². The van der Waals surface area contributed by atoms with E-state index in [0.29, 0.717) is 0 Å². The molecule has 4 aromatic rings. The van der Waals surface area contributed by atoms with Gasteiger partial charge in [0, 0.05) is 0 Å². The molecule has 4 aromatic carbocycles. The summed E-state index contributed by atoms with van der Waals surface area (Å²) in [4.78, 5) is 38.6. The van der Waals surface area contributed by atoms with Crippen LogP contribution in [0.4, 0.5) is 52.7 Å². The van der Waals surface area contributed by atoms with E-state index in [-0.39, 0.29) is 33.4 Å². The van der Waals surface area contributed by atoms with Crippen molar-refractivity contribution in [1.29, 1.82) is 0 Å². The summed E-state index contributed by atoms with van der Waals surface area (Å²) in [7, 11) is 0. The fraction of sp³-hybridized carbons (Fsp3) is 0.182. The molecule has 0 aromatic heterocycles. The van der Waals surface area contributed by atoms with E-state index < -0.39 is 135 Å². The van der Waals surface area contributed by atoms with Crippen LogP contribution in [0.2, 0.25) is 0 Å². The van der Waals surface area contributed by atoms with Gasteiger partial charge in [0.2, 0.25) is 0 Å². The summed E-state index contributed by atoms with van der Waals surface area (Å²) in [5, 5.41) is 0. The Morgan fingerprint density at radius 1 is 0.370 bits per heavy atom. The van der Waals surface area contributed by atoms with Gasteiger partial charge in [-0.05, 0) is 122 Å². The van der Waals surface area contributed by atoms with Gasteiger partial charge in [0.25, 0.3) is 0 Å². The molecular weight excluding hydrogens is 1100 g/mol. The Morgan fingerprint density at radius 3 is 0.759 bits per heavy atom. The lowest BCUT2D eigenvalue weighted by molar-refractivity contribution is 0.0461. The molecule has 0 N–H and O–H groups in total. The van der Waals surface area contributed by atoms with E-state index in [1.807, 2.05) is 0 Å². The maximum Gasteiger partial charge on any atom is 0.342 e. The molecular formula is C33H15F12I3O6. The highest BCUT2D eigenvalue weighted by Gasteiger charge is 2.33. The zero-order valence-corrected chi connectivity index (χ0v) is 33.2. The number of rotatable bonds is 9. The van der Waals surface area contributed by atoms with Crippen molar-refractivity contribution >= 4 is 85.7 Å². The third kappa shape index (κ3) is 7.71. The minimum atomic E-state index is -2.32. The molecule has 288 valence electrons. The molecule has 0 amide bonds. The molecule has 0 aliphatic rings. The monoisotopic (exact) mass is 1120 g/mol. The van der Waals surface area contributed by atoms with Crippen molar-refractivity contribution in [2.24, 2.45) is 0 Å². The van der Waals surface area contributed by atoms with Gasteiger partial charge in [-0.2, -0.15) is 0 Å². The first-order valence-corrected chi connectivity index (χ1v) is 17.5. The Morgan fingerprint density at radius 2 is 0.556 bits per heavy atom. The van der Waals surface area contributed by atoms with Gasteiger partial charge in [-0.3, -0.25) is 0 Å². The highest BCUT2D eigenvalue weighted by atomic mass is 127. The molecule has 0 aliphatic carbocycles. The van der Waals surface area contributed by atoms with E-state index >= 15 is 0 Å². The van der Waals surface area contributed by atoms with Crippen LogP contribution in [0.15, 0.2) is 0 Å². The molecule has 0 spiro atoms. The number of carbonyl (C=O) groups is 3. The lowest BCUT2D eigenvalue weighted by atomic mass is 9.89. The van der Waals surface area contributed by atoms with E-state index in [2.05, 4.69) is 0 Å². The van der Waals surface area contributed by atoms with Crippen LogP contribution in [0.5, 0.6) is 0 Å². The summed E-state index contributed by atoms with van der Waals surface area (Å²) in [5.41, 5.74) is -4.06. The van der Waals surface area contributed by atoms with Crippen LogP contribution >= 0.6 is 67.8 Å². The van der Waals surface area contributed by atoms with E-state index in [1.54, 1.807) is 0 Å². The Bertz CT molecular complexity index is 1940. The fourth-order valence-corrected chi connectivity index (χ4v) is 7.10. The lowest BCUT2D eigenvalue weighted by Gasteiger charge is -2.23. The highest BCUT2D eigenvalue weighted by Crippen LogP contribution is 2.33. The topological polar surface area (TPSA) is 78.9 Å². The van der Waals surface area contributed by atoms with Crippen molar-refractivity contribution < 1.29 is 81.3 Å². The molecule has 6 nitrogen and oxygen atoms in total. The third-order valence-corrected chi connectivity index (χ3v) is 11.0. The van der Waals surface area contributed by atoms with Gasteiger partial charge in [-0.25, -0.2) is 67.1 Å². The summed E-state index contributed by atoms with van der Waals surface area (Å²) in [6.07, 6.45) is 0. The molecule has 54 heavy (non-hydrogen) atoms. The smallest absolute Gasteiger partial charge is 0.342 e. The van der Waals surface area contributed by atoms with E-state index in [0.717, 1.165) is 67.8 Å². The normalized spacial score (nSPS) is 11.2. The molecule has 0 heterocycles. The summed E-state index contributed by atoms with van der Waals surface area (Å²) in [6, 6.07) is 0. The van der Waals surface area contributed by atoms with Crippen molar-refractivity contribution in [3.63, 3.8) is 0 Å². The predicted molar refractivity (Wildman–Crippen MR) is 185 cm³/mol. The van der Waals surface area contributed by atoms with Crippen LogP contribution < -0.4 is 0 Å². The van der Waals surface area contributed by atoms with Crippen LogP contribution in [0.1, 0.15) is 64.5 Å². The first-order chi connectivity index (χ1) is 25.1. The van der Waals surface area contributed by atoms with Gasteiger partial charge in [0.1, 0.15) is 36.5 Å². The molecule has 0 saturated carbocycles. The summed E-state index contributed by atoms with van der Waals surface area (Å²) < 4.78 is 181. The zero-order chi connectivity index (χ0) is 40.8. The van der Waals surface area contributed by atoms with Crippen LogP contribution in [-0.2, 0) is 34.0 Å². The molecule has 0 saturated heterocycles. The Labute approximate surface area is 335 Å². The minimum absolute atomic E-state index is 0.0576. The second-order valence-corrected chi connectivity index (χ2v) is 14.1. The van der Waals surface area contributed by atoms with E-state index in [9.17, 15) is 67.1 Å². The predicted octanol–water partition coefficient (Wildman–Crippen LogP) is 10.2. The molecule has 0 unspecified atom stereocenters. The second kappa shape index (κ2) is 16.8. The van der Waals surface area contributed by atoms with Gasteiger partial charge < -0.3 is 14.2 Å². The molecule has 21 heteroatoms. The number of carbonyl (C=O) groups excluding carboxylic acids is 3. The number of halogens is 15. The van der Waals surface area contributed by atoms with Crippen LogP contribution in [0.25, 0.3) is 0 Å². The Hall–Kier alpha value is -3.36. The standard InChI is InChI=1S/C33H15F12I3O6/c1-7-10(4-52-31(49)13-16(34)19(37)22(40)25(43)28(13)46)8(2)12(6-54-33(51)15-18(36)21(39)24(42)27(45)30(15)48)9(3)11(7)5-53-32(50)14-17(35)20(38)23(41)26(44)29(14)47/h4-6H2,1-3H3.